The van der Waals surface area contributed by atoms with E-state index in [1.165, 1.54) is 5.56 Å². The zero-order valence-corrected chi connectivity index (χ0v) is 11.1. The van der Waals surface area contributed by atoms with Crippen LogP contribution in [0.3, 0.4) is 0 Å². The van der Waals surface area contributed by atoms with Crippen LogP contribution in [0.4, 0.5) is 5.69 Å². The number of nitrogens with one attached hydrogen (secondary N) is 2. The number of carbonyl (C=O) groups excluding carboxylic acids is 1. The molecule has 1 unspecified atom stereocenters. The number of fused-ring (bicyclic) bond motifs is 1. The fourth-order valence-corrected chi connectivity index (χ4v) is 2.11. The Morgan fingerprint density at radius 3 is 3.00 bits per heavy atom. The summed E-state index contributed by atoms with van der Waals surface area (Å²) in [6.45, 7) is 4.71. The number of amides is 1. The first-order chi connectivity index (χ1) is 8.70. The molecule has 18 heavy (non-hydrogen) atoms. The molecule has 0 bridgehead atoms. The Morgan fingerprint density at radius 1 is 1.50 bits per heavy atom. The number of benzene rings is 1. The van der Waals surface area contributed by atoms with Crippen molar-refractivity contribution in [3.05, 3.63) is 29.8 Å². The normalized spacial score (nSPS) is 17.4. The molecular formula is C14H21N3O. The third-order valence-corrected chi connectivity index (χ3v) is 3.42. The van der Waals surface area contributed by atoms with Gasteiger partial charge in [-0.25, -0.2) is 0 Å². The number of hydrogen-bond acceptors (Lipinski definition) is 3. The molecule has 0 aliphatic carbocycles. The van der Waals surface area contributed by atoms with Crippen molar-refractivity contribution in [3.63, 3.8) is 0 Å². The molecule has 1 aliphatic heterocycles. The van der Waals surface area contributed by atoms with Gasteiger partial charge in [-0.2, -0.15) is 0 Å². The van der Waals surface area contributed by atoms with E-state index in [-0.39, 0.29) is 11.9 Å². The predicted molar refractivity (Wildman–Crippen MR) is 73.7 cm³/mol. The van der Waals surface area contributed by atoms with Gasteiger partial charge in [0.25, 0.3) is 0 Å². The number of likely N-dealkylation sites (N-methyl/N-ethyl adjacent to an activating group) is 1. The lowest BCUT2D eigenvalue weighted by Crippen LogP contribution is -2.41. The zero-order valence-electron chi connectivity index (χ0n) is 11.1. The number of hydrogen-bond donors (Lipinski definition) is 2. The van der Waals surface area contributed by atoms with Gasteiger partial charge in [-0.05, 0) is 25.2 Å². The molecule has 2 N–H and O–H groups in total. The fraction of sp³-hybridized carbons (Fsp3) is 0.500. The van der Waals surface area contributed by atoms with Crippen molar-refractivity contribution >= 4 is 11.6 Å². The highest BCUT2D eigenvalue weighted by Crippen LogP contribution is 2.24. The van der Waals surface area contributed by atoms with E-state index in [1.807, 2.05) is 18.2 Å². The molecule has 2 rings (SSSR count). The van der Waals surface area contributed by atoms with E-state index in [0.717, 1.165) is 25.2 Å². The van der Waals surface area contributed by atoms with Gasteiger partial charge < -0.3 is 15.5 Å². The molecule has 98 valence electrons. The topological polar surface area (TPSA) is 44.4 Å². The third-order valence-electron chi connectivity index (χ3n) is 3.42. The average molecular weight is 247 g/mol. The second-order valence-corrected chi connectivity index (χ2v) is 4.75. The van der Waals surface area contributed by atoms with E-state index >= 15 is 0 Å². The quantitative estimate of drug-likeness (QED) is 0.818. The first-order valence-corrected chi connectivity index (χ1v) is 6.51. The minimum Gasteiger partial charge on any atom is -0.373 e. The van der Waals surface area contributed by atoms with E-state index in [0.29, 0.717) is 6.54 Å². The molecule has 0 saturated carbocycles. The summed E-state index contributed by atoms with van der Waals surface area (Å²) >= 11 is 0. The molecule has 1 aromatic carbocycles. The Morgan fingerprint density at radius 2 is 2.28 bits per heavy atom. The highest BCUT2D eigenvalue weighted by atomic mass is 16.2. The van der Waals surface area contributed by atoms with Crippen molar-refractivity contribution in [1.82, 2.24) is 10.2 Å². The molecule has 4 heteroatoms. The van der Waals surface area contributed by atoms with Crippen molar-refractivity contribution in [2.75, 3.05) is 32.0 Å². The van der Waals surface area contributed by atoms with E-state index in [9.17, 15) is 4.79 Å². The van der Waals surface area contributed by atoms with Gasteiger partial charge >= 0.3 is 0 Å². The summed E-state index contributed by atoms with van der Waals surface area (Å²) in [4.78, 5) is 14.2. The largest absolute Gasteiger partial charge is 0.373 e. The van der Waals surface area contributed by atoms with Crippen molar-refractivity contribution in [2.45, 2.75) is 19.4 Å². The van der Waals surface area contributed by atoms with Crippen LogP contribution < -0.4 is 10.6 Å². The maximum absolute atomic E-state index is 12.0. The van der Waals surface area contributed by atoms with Gasteiger partial charge in [0, 0.05) is 25.2 Å². The number of rotatable bonds is 5. The highest BCUT2D eigenvalue weighted by molar-refractivity contribution is 5.87. The van der Waals surface area contributed by atoms with Gasteiger partial charge in [0.1, 0.15) is 6.04 Å². The van der Waals surface area contributed by atoms with Gasteiger partial charge in [0.2, 0.25) is 5.91 Å². The molecule has 0 aromatic heterocycles. The van der Waals surface area contributed by atoms with Crippen LogP contribution in [0.2, 0.25) is 0 Å². The van der Waals surface area contributed by atoms with Crippen molar-refractivity contribution in [2.24, 2.45) is 0 Å². The molecule has 0 saturated heterocycles. The first-order valence-electron chi connectivity index (χ1n) is 6.51. The fourth-order valence-electron chi connectivity index (χ4n) is 2.11. The zero-order chi connectivity index (χ0) is 13.0. The summed E-state index contributed by atoms with van der Waals surface area (Å²) < 4.78 is 0. The van der Waals surface area contributed by atoms with Crippen LogP contribution in [-0.2, 0) is 11.2 Å². The second-order valence-electron chi connectivity index (χ2n) is 4.75. The number of para-hydroxylation sites is 1. The Kier molecular flexibility index (Phi) is 4.20. The van der Waals surface area contributed by atoms with E-state index < -0.39 is 0 Å². The molecule has 0 radical (unpaired) electrons. The SMILES string of the molecule is CCN(C)CCNC(=O)C1Cc2ccccc2N1. The molecule has 1 aliphatic rings. The van der Waals surface area contributed by atoms with Crippen LogP contribution in [0, 0.1) is 0 Å². The molecule has 0 fully saturated rings. The molecule has 1 atom stereocenters. The second kappa shape index (κ2) is 5.87. The van der Waals surface area contributed by atoms with Crippen LogP contribution in [0.5, 0.6) is 0 Å². The van der Waals surface area contributed by atoms with Crippen molar-refractivity contribution in [1.29, 1.82) is 0 Å². The summed E-state index contributed by atoms with van der Waals surface area (Å²) in [5.74, 6) is 0.0932. The molecule has 1 amide bonds. The Hall–Kier alpha value is -1.55. The van der Waals surface area contributed by atoms with Crippen LogP contribution in [0.25, 0.3) is 0 Å². The van der Waals surface area contributed by atoms with Gasteiger partial charge in [-0.15, -0.1) is 0 Å². The lowest BCUT2D eigenvalue weighted by molar-refractivity contribution is -0.121. The maximum Gasteiger partial charge on any atom is 0.242 e. The lowest BCUT2D eigenvalue weighted by Gasteiger charge is -2.16. The Labute approximate surface area is 108 Å². The minimum absolute atomic E-state index is 0.0932. The summed E-state index contributed by atoms with van der Waals surface area (Å²) in [5.41, 5.74) is 2.31. The highest BCUT2D eigenvalue weighted by Gasteiger charge is 2.25. The van der Waals surface area contributed by atoms with Crippen LogP contribution in [0.1, 0.15) is 12.5 Å². The first kappa shape index (κ1) is 12.9. The monoisotopic (exact) mass is 247 g/mol. The van der Waals surface area contributed by atoms with Gasteiger partial charge in [0.15, 0.2) is 0 Å². The number of carbonyl (C=O) groups is 1. The Balaban J connectivity index is 1.79. The lowest BCUT2D eigenvalue weighted by atomic mass is 10.1. The summed E-state index contributed by atoms with van der Waals surface area (Å²) in [6, 6.07) is 7.97. The van der Waals surface area contributed by atoms with E-state index in [2.05, 4.69) is 35.6 Å². The molecule has 1 heterocycles. The van der Waals surface area contributed by atoms with Gasteiger partial charge in [-0.3, -0.25) is 4.79 Å². The van der Waals surface area contributed by atoms with Gasteiger partial charge in [-0.1, -0.05) is 25.1 Å². The van der Waals surface area contributed by atoms with E-state index in [4.69, 9.17) is 0 Å². The van der Waals surface area contributed by atoms with E-state index in [1.54, 1.807) is 0 Å². The predicted octanol–water partition coefficient (Wildman–Crippen LogP) is 1.09. The summed E-state index contributed by atoms with van der Waals surface area (Å²) in [7, 11) is 2.05. The summed E-state index contributed by atoms with van der Waals surface area (Å²) in [5, 5.41) is 6.24. The average Bonchev–Trinajstić information content (AvgIpc) is 2.82. The molecule has 0 spiro atoms. The minimum atomic E-state index is -0.116. The smallest absolute Gasteiger partial charge is 0.242 e. The number of anilines is 1. The van der Waals surface area contributed by atoms with Crippen LogP contribution in [0.15, 0.2) is 24.3 Å². The molecule has 1 aromatic rings. The third kappa shape index (κ3) is 3.01. The maximum atomic E-state index is 12.0. The Bertz CT molecular complexity index is 394. The van der Waals surface area contributed by atoms with Crippen molar-refractivity contribution < 1.29 is 4.79 Å². The summed E-state index contributed by atoms with van der Waals surface area (Å²) in [6.07, 6.45) is 0.783. The van der Waals surface area contributed by atoms with Crippen LogP contribution >= 0.6 is 0 Å². The number of nitrogens with zero attached hydrogens (tertiary/aromatic N) is 1. The van der Waals surface area contributed by atoms with Crippen LogP contribution in [-0.4, -0.2) is 43.5 Å². The van der Waals surface area contributed by atoms with Crippen molar-refractivity contribution in [3.8, 4) is 0 Å². The molecular weight excluding hydrogens is 226 g/mol. The molecule has 4 nitrogen and oxygen atoms in total. The van der Waals surface area contributed by atoms with Gasteiger partial charge in [0.05, 0.1) is 0 Å². The standard InChI is InChI=1S/C14H21N3O/c1-3-17(2)9-8-15-14(18)13-10-11-6-4-5-7-12(11)16-13/h4-7,13,16H,3,8-10H2,1-2H3,(H,15,18).